The Bertz CT molecular complexity index is 918. The molecule has 40 heavy (non-hydrogen) atoms. The van der Waals surface area contributed by atoms with E-state index in [9.17, 15) is 9.90 Å². The highest BCUT2D eigenvalue weighted by Gasteiger charge is 2.26. The monoisotopic (exact) mass is 548 g/mol. The summed E-state index contributed by atoms with van der Waals surface area (Å²) in [6, 6.07) is 16.3. The molecule has 0 aliphatic heterocycles. The van der Waals surface area contributed by atoms with E-state index in [0.717, 1.165) is 6.42 Å². The molecule has 0 heterocycles. The Labute approximate surface area is 247 Å². The molecule has 2 nitrogen and oxygen atoms in total. The highest BCUT2D eigenvalue weighted by molar-refractivity contribution is 5.89. The van der Waals surface area contributed by atoms with E-state index >= 15 is 0 Å². The number of unbranched alkanes of at least 4 members (excludes halogenated alkanes) is 16. The van der Waals surface area contributed by atoms with Crippen LogP contribution in [0.5, 0.6) is 0 Å². The van der Waals surface area contributed by atoms with Gasteiger partial charge in [-0.05, 0) is 53.5 Å². The van der Waals surface area contributed by atoms with Crippen molar-refractivity contribution in [3.05, 3.63) is 59.7 Å². The maximum atomic E-state index is 11.9. The fourth-order valence-corrected chi connectivity index (χ4v) is 6.26. The largest absolute Gasteiger partial charge is 0.478 e. The van der Waals surface area contributed by atoms with Gasteiger partial charge in [0.2, 0.25) is 0 Å². The first-order valence-corrected chi connectivity index (χ1v) is 16.9. The van der Waals surface area contributed by atoms with Crippen molar-refractivity contribution in [3.63, 3.8) is 0 Å². The molecule has 0 amide bonds. The summed E-state index contributed by atoms with van der Waals surface area (Å²) in [6.07, 6.45) is 27.8. The van der Waals surface area contributed by atoms with Gasteiger partial charge in [0.05, 0.1) is 5.56 Å². The van der Waals surface area contributed by atoms with Gasteiger partial charge in [0.15, 0.2) is 0 Å². The van der Waals surface area contributed by atoms with Gasteiger partial charge in [-0.1, -0.05) is 173 Å². The molecule has 1 unspecified atom stereocenters. The van der Waals surface area contributed by atoms with Crippen LogP contribution >= 0.6 is 0 Å². The molecule has 2 aromatic rings. The first-order chi connectivity index (χ1) is 19.5. The van der Waals surface area contributed by atoms with Gasteiger partial charge in [-0.3, -0.25) is 0 Å². The van der Waals surface area contributed by atoms with Crippen LogP contribution in [0.15, 0.2) is 48.5 Å². The van der Waals surface area contributed by atoms with Crippen molar-refractivity contribution in [2.75, 3.05) is 0 Å². The smallest absolute Gasteiger partial charge is 0.335 e. The molecule has 0 saturated carbocycles. The average Bonchev–Trinajstić information content (AvgIpc) is 2.96. The maximum Gasteiger partial charge on any atom is 0.335 e. The van der Waals surface area contributed by atoms with Crippen molar-refractivity contribution < 1.29 is 9.90 Å². The van der Waals surface area contributed by atoms with E-state index in [4.69, 9.17) is 0 Å². The number of rotatable bonds is 24. The second-order valence-electron chi connectivity index (χ2n) is 12.7. The SMILES string of the molecule is CCCCCCCCCCCCC(C)(CCCCCCCCCC)Cc1cc(C(=O)O)ccc1-c1ccccc1. The normalized spacial score (nSPS) is 12.9. The minimum absolute atomic E-state index is 0.197. The molecule has 0 bridgehead atoms. The van der Waals surface area contributed by atoms with E-state index < -0.39 is 5.97 Å². The number of carboxylic acids is 1. The van der Waals surface area contributed by atoms with E-state index in [1.165, 1.54) is 145 Å². The summed E-state index contributed by atoms with van der Waals surface area (Å²) in [5, 5.41) is 9.75. The van der Waals surface area contributed by atoms with Crippen LogP contribution in [0.4, 0.5) is 0 Å². The number of hydrogen-bond acceptors (Lipinski definition) is 1. The minimum Gasteiger partial charge on any atom is -0.478 e. The molecule has 0 saturated heterocycles. The molecule has 2 aromatic carbocycles. The predicted octanol–water partition coefficient (Wildman–Crippen LogP) is 12.4. The molecule has 2 heteroatoms. The molecule has 224 valence electrons. The van der Waals surface area contributed by atoms with Crippen molar-refractivity contribution in [1.82, 2.24) is 0 Å². The van der Waals surface area contributed by atoms with E-state index in [1.807, 2.05) is 18.2 Å². The fourth-order valence-electron chi connectivity index (χ4n) is 6.26. The zero-order chi connectivity index (χ0) is 28.9. The van der Waals surface area contributed by atoms with Crippen LogP contribution < -0.4 is 0 Å². The van der Waals surface area contributed by atoms with Gasteiger partial charge < -0.3 is 5.11 Å². The maximum absolute atomic E-state index is 11.9. The first kappa shape index (κ1) is 34.1. The standard InChI is InChI=1S/C38H60O2/c1-4-6-8-10-12-14-15-17-19-24-30-38(3,29-23-18-16-13-11-9-7-5-2)32-35-31-34(37(39)40)27-28-36(35)33-25-21-20-22-26-33/h20-22,25-28,31H,4-19,23-24,29-30,32H2,1-3H3,(H,39,40). The van der Waals surface area contributed by atoms with Crippen molar-refractivity contribution in [2.45, 2.75) is 156 Å². The molecule has 1 N–H and O–H groups in total. The van der Waals surface area contributed by atoms with Gasteiger partial charge in [0.1, 0.15) is 0 Å². The Morgan fingerprint density at radius 3 is 1.52 bits per heavy atom. The van der Waals surface area contributed by atoms with E-state index in [1.54, 1.807) is 6.07 Å². The highest BCUT2D eigenvalue weighted by Crippen LogP contribution is 2.38. The van der Waals surface area contributed by atoms with Crippen molar-refractivity contribution in [2.24, 2.45) is 5.41 Å². The summed E-state index contributed by atoms with van der Waals surface area (Å²) >= 11 is 0. The molecule has 0 aromatic heterocycles. The van der Waals surface area contributed by atoms with Crippen molar-refractivity contribution >= 4 is 5.97 Å². The van der Waals surface area contributed by atoms with Crippen LogP contribution in [0.25, 0.3) is 11.1 Å². The Balaban J connectivity index is 2.01. The van der Waals surface area contributed by atoms with Crippen LogP contribution in [0.1, 0.15) is 165 Å². The lowest BCUT2D eigenvalue weighted by molar-refractivity contribution is 0.0696. The number of carboxylic acid groups (broad SMARTS) is 1. The molecular formula is C38H60O2. The lowest BCUT2D eigenvalue weighted by Gasteiger charge is -2.31. The molecule has 0 radical (unpaired) electrons. The molecular weight excluding hydrogens is 488 g/mol. The minimum atomic E-state index is -0.833. The third kappa shape index (κ3) is 14.0. The van der Waals surface area contributed by atoms with Gasteiger partial charge in [0.25, 0.3) is 0 Å². The summed E-state index contributed by atoms with van der Waals surface area (Å²) in [5.41, 5.74) is 4.17. The molecule has 0 aliphatic carbocycles. The summed E-state index contributed by atoms with van der Waals surface area (Å²) in [7, 11) is 0. The number of aromatic carboxylic acids is 1. The molecule has 0 aliphatic rings. The summed E-state index contributed by atoms with van der Waals surface area (Å²) in [4.78, 5) is 11.9. The Kier molecular flexibility index (Phi) is 17.7. The lowest BCUT2D eigenvalue weighted by atomic mass is 9.74. The number of benzene rings is 2. The summed E-state index contributed by atoms with van der Waals surface area (Å²) in [6.45, 7) is 7.04. The van der Waals surface area contributed by atoms with Gasteiger partial charge in [-0.15, -0.1) is 0 Å². The van der Waals surface area contributed by atoms with Gasteiger partial charge in [-0.2, -0.15) is 0 Å². The van der Waals surface area contributed by atoms with E-state index in [0.29, 0.717) is 5.56 Å². The molecule has 2 rings (SSSR count). The van der Waals surface area contributed by atoms with Crippen LogP contribution in [0, 0.1) is 5.41 Å². The first-order valence-electron chi connectivity index (χ1n) is 16.9. The van der Waals surface area contributed by atoms with Crippen LogP contribution in [0.3, 0.4) is 0 Å². The van der Waals surface area contributed by atoms with E-state index in [2.05, 4.69) is 45.0 Å². The van der Waals surface area contributed by atoms with Crippen LogP contribution in [-0.4, -0.2) is 11.1 Å². The Morgan fingerprint density at radius 2 is 1.07 bits per heavy atom. The number of hydrogen-bond donors (Lipinski definition) is 1. The van der Waals surface area contributed by atoms with Gasteiger partial charge in [0, 0.05) is 0 Å². The lowest BCUT2D eigenvalue weighted by Crippen LogP contribution is -2.21. The quantitative estimate of drug-likeness (QED) is 0.132. The van der Waals surface area contributed by atoms with Crippen molar-refractivity contribution in [1.29, 1.82) is 0 Å². The van der Waals surface area contributed by atoms with Gasteiger partial charge >= 0.3 is 5.97 Å². The topological polar surface area (TPSA) is 37.3 Å². The second kappa shape index (κ2) is 20.7. The zero-order valence-electron chi connectivity index (χ0n) is 26.3. The molecule has 0 spiro atoms. The van der Waals surface area contributed by atoms with Crippen LogP contribution in [-0.2, 0) is 6.42 Å². The fraction of sp³-hybridized carbons (Fsp3) is 0.658. The summed E-state index contributed by atoms with van der Waals surface area (Å²) in [5.74, 6) is -0.833. The second-order valence-corrected chi connectivity index (χ2v) is 12.7. The third-order valence-electron chi connectivity index (χ3n) is 8.82. The Morgan fingerprint density at radius 1 is 0.625 bits per heavy atom. The predicted molar refractivity (Wildman–Crippen MR) is 174 cm³/mol. The zero-order valence-corrected chi connectivity index (χ0v) is 26.3. The highest BCUT2D eigenvalue weighted by atomic mass is 16.4. The Hall–Kier alpha value is -2.09. The van der Waals surface area contributed by atoms with Crippen molar-refractivity contribution in [3.8, 4) is 11.1 Å². The average molecular weight is 549 g/mol. The van der Waals surface area contributed by atoms with E-state index in [-0.39, 0.29) is 5.41 Å². The number of carbonyl (C=O) groups is 1. The third-order valence-corrected chi connectivity index (χ3v) is 8.82. The molecule has 0 fully saturated rings. The summed E-state index contributed by atoms with van der Waals surface area (Å²) < 4.78 is 0. The molecule has 1 atom stereocenters. The van der Waals surface area contributed by atoms with Gasteiger partial charge in [-0.25, -0.2) is 4.79 Å². The van der Waals surface area contributed by atoms with Crippen LogP contribution in [0.2, 0.25) is 0 Å².